The second-order valence-electron chi connectivity index (χ2n) is 5.48. The van der Waals surface area contributed by atoms with Crippen LogP contribution in [0.3, 0.4) is 0 Å². The van der Waals surface area contributed by atoms with E-state index in [2.05, 4.69) is 15.2 Å². The minimum atomic E-state index is 0.0283. The van der Waals surface area contributed by atoms with Gasteiger partial charge in [-0.3, -0.25) is 9.78 Å². The first-order chi connectivity index (χ1) is 11.3. The number of carbonyl (C=O) groups excluding carboxylic acids is 1. The molecule has 0 aliphatic carbocycles. The molecule has 6 heteroatoms. The predicted molar refractivity (Wildman–Crippen MR) is 84.4 cm³/mol. The number of rotatable bonds is 2. The molecule has 3 heterocycles. The standard InChI is InChI=1S/C17H15N5O/c23-17(21-9-10-22-12-19-20-16(22)11-21)15-3-1-13(2-4-15)14-5-7-18-8-6-14/h1-8,12H,9-11H2. The SMILES string of the molecule is O=C(c1ccc(-c2ccncc2)cc1)N1CCn2cnnc2C1. The third-order valence-electron chi connectivity index (χ3n) is 4.07. The van der Waals surface area contributed by atoms with Gasteiger partial charge in [0.2, 0.25) is 0 Å². The molecule has 1 aliphatic rings. The summed E-state index contributed by atoms with van der Waals surface area (Å²) in [4.78, 5) is 18.5. The molecule has 3 aromatic rings. The summed E-state index contributed by atoms with van der Waals surface area (Å²) in [5.41, 5.74) is 2.85. The average Bonchev–Trinajstić information content (AvgIpc) is 3.10. The van der Waals surface area contributed by atoms with Crippen molar-refractivity contribution in [1.29, 1.82) is 0 Å². The summed E-state index contributed by atoms with van der Waals surface area (Å²) in [6, 6.07) is 11.6. The van der Waals surface area contributed by atoms with Crippen molar-refractivity contribution >= 4 is 5.91 Å². The Morgan fingerprint density at radius 2 is 1.70 bits per heavy atom. The first-order valence-corrected chi connectivity index (χ1v) is 7.48. The van der Waals surface area contributed by atoms with Gasteiger partial charge in [-0.1, -0.05) is 12.1 Å². The molecule has 114 valence electrons. The number of hydrogen-bond acceptors (Lipinski definition) is 4. The van der Waals surface area contributed by atoms with Crippen molar-refractivity contribution in [1.82, 2.24) is 24.6 Å². The van der Waals surface area contributed by atoms with E-state index in [1.54, 1.807) is 18.7 Å². The van der Waals surface area contributed by atoms with E-state index in [4.69, 9.17) is 0 Å². The van der Waals surface area contributed by atoms with E-state index in [1.807, 2.05) is 45.9 Å². The Morgan fingerprint density at radius 1 is 0.957 bits per heavy atom. The zero-order chi connectivity index (χ0) is 15.6. The van der Waals surface area contributed by atoms with E-state index in [-0.39, 0.29) is 5.91 Å². The zero-order valence-electron chi connectivity index (χ0n) is 12.5. The fourth-order valence-electron chi connectivity index (χ4n) is 2.77. The summed E-state index contributed by atoms with van der Waals surface area (Å²) in [7, 11) is 0. The van der Waals surface area contributed by atoms with Crippen LogP contribution < -0.4 is 0 Å². The molecule has 1 amide bonds. The molecule has 0 saturated carbocycles. The highest BCUT2D eigenvalue weighted by atomic mass is 16.2. The molecule has 1 aliphatic heterocycles. The number of pyridine rings is 1. The fourth-order valence-corrected chi connectivity index (χ4v) is 2.77. The Hall–Kier alpha value is -3.02. The van der Waals surface area contributed by atoms with Crippen molar-refractivity contribution < 1.29 is 4.79 Å². The molecule has 4 rings (SSSR count). The van der Waals surface area contributed by atoms with Crippen molar-refractivity contribution in [3.8, 4) is 11.1 Å². The van der Waals surface area contributed by atoms with Crippen LogP contribution in [-0.2, 0) is 13.1 Å². The van der Waals surface area contributed by atoms with Crippen molar-refractivity contribution in [3.05, 3.63) is 66.5 Å². The van der Waals surface area contributed by atoms with Gasteiger partial charge in [-0.2, -0.15) is 0 Å². The van der Waals surface area contributed by atoms with Gasteiger partial charge in [-0.05, 0) is 35.4 Å². The molecule has 0 N–H and O–H groups in total. The molecule has 0 saturated heterocycles. The first kappa shape index (κ1) is 13.6. The molecular formula is C17H15N5O. The van der Waals surface area contributed by atoms with Crippen LogP contribution in [0, 0.1) is 0 Å². The molecule has 6 nitrogen and oxygen atoms in total. The lowest BCUT2D eigenvalue weighted by Crippen LogP contribution is -2.38. The van der Waals surface area contributed by atoms with Crippen LogP contribution in [0.25, 0.3) is 11.1 Å². The summed E-state index contributed by atoms with van der Waals surface area (Å²) in [5, 5.41) is 7.94. The van der Waals surface area contributed by atoms with E-state index >= 15 is 0 Å². The van der Waals surface area contributed by atoms with Crippen LogP contribution in [0.1, 0.15) is 16.2 Å². The molecule has 2 aromatic heterocycles. The third-order valence-corrected chi connectivity index (χ3v) is 4.07. The van der Waals surface area contributed by atoms with E-state index < -0.39 is 0 Å². The molecule has 23 heavy (non-hydrogen) atoms. The minimum absolute atomic E-state index is 0.0283. The Bertz CT molecular complexity index is 826. The van der Waals surface area contributed by atoms with Crippen molar-refractivity contribution in [2.75, 3.05) is 6.54 Å². The minimum Gasteiger partial charge on any atom is -0.329 e. The smallest absolute Gasteiger partial charge is 0.254 e. The largest absolute Gasteiger partial charge is 0.329 e. The molecule has 0 radical (unpaired) electrons. The maximum atomic E-state index is 12.6. The molecule has 0 bridgehead atoms. The highest BCUT2D eigenvalue weighted by Crippen LogP contribution is 2.20. The number of aromatic nitrogens is 4. The lowest BCUT2D eigenvalue weighted by atomic mass is 10.0. The lowest BCUT2D eigenvalue weighted by Gasteiger charge is -2.27. The molecule has 0 spiro atoms. The van der Waals surface area contributed by atoms with Crippen LogP contribution in [-0.4, -0.2) is 37.1 Å². The molecule has 0 atom stereocenters. The molecule has 1 aromatic carbocycles. The van der Waals surface area contributed by atoms with Crippen LogP contribution in [0.5, 0.6) is 0 Å². The van der Waals surface area contributed by atoms with Gasteiger partial charge in [0.25, 0.3) is 5.91 Å². The van der Waals surface area contributed by atoms with Crippen LogP contribution in [0.15, 0.2) is 55.1 Å². The van der Waals surface area contributed by atoms with Gasteiger partial charge in [-0.25, -0.2) is 0 Å². The molecule has 0 unspecified atom stereocenters. The number of carbonyl (C=O) groups is 1. The Balaban J connectivity index is 1.53. The van der Waals surface area contributed by atoms with E-state index in [9.17, 15) is 4.79 Å². The highest BCUT2D eigenvalue weighted by molar-refractivity contribution is 5.94. The van der Waals surface area contributed by atoms with Gasteiger partial charge >= 0.3 is 0 Å². The maximum absolute atomic E-state index is 12.6. The second-order valence-corrected chi connectivity index (χ2v) is 5.48. The normalized spacial score (nSPS) is 13.7. The van der Waals surface area contributed by atoms with Crippen LogP contribution in [0.4, 0.5) is 0 Å². The van der Waals surface area contributed by atoms with E-state index in [0.717, 1.165) is 23.5 Å². The van der Waals surface area contributed by atoms with Gasteiger partial charge in [-0.15, -0.1) is 10.2 Å². The third kappa shape index (κ3) is 2.59. The monoisotopic (exact) mass is 305 g/mol. The van der Waals surface area contributed by atoms with E-state index in [1.165, 1.54) is 0 Å². The second kappa shape index (κ2) is 5.64. The number of nitrogens with zero attached hydrogens (tertiary/aromatic N) is 5. The highest BCUT2D eigenvalue weighted by Gasteiger charge is 2.22. The Morgan fingerprint density at radius 3 is 2.48 bits per heavy atom. The van der Waals surface area contributed by atoms with Gasteiger partial charge in [0.1, 0.15) is 6.33 Å². The Labute approximate surface area is 133 Å². The lowest BCUT2D eigenvalue weighted by molar-refractivity contribution is 0.0707. The number of benzene rings is 1. The van der Waals surface area contributed by atoms with Crippen LogP contribution in [0.2, 0.25) is 0 Å². The summed E-state index contributed by atoms with van der Waals surface area (Å²) in [6.45, 7) is 1.92. The molecular weight excluding hydrogens is 290 g/mol. The van der Waals surface area contributed by atoms with Crippen molar-refractivity contribution in [2.24, 2.45) is 0 Å². The zero-order valence-corrected chi connectivity index (χ0v) is 12.5. The summed E-state index contributed by atoms with van der Waals surface area (Å²) in [6.07, 6.45) is 5.23. The average molecular weight is 305 g/mol. The summed E-state index contributed by atoms with van der Waals surface area (Å²) < 4.78 is 1.98. The summed E-state index contributed by atoms with van der Waals surface area (Å²) >= 11 is 0. The first-order valence-electron chi connectivity index (χ1n) is 7.48. The van der Waals surface area contributed by atoms with Crippen molar-refractivity contribution in [3.63, 3.8) is 0 Å². The number of hydrogen-bond donors (Lipinski definition) is 0. The van der Waals surface area contributed by atoms with Gasteiger partial charge in [0.05, 0.1) is 6.54 Å². The number of fused-ring (bicyclic) bond motifs is 1. The molecule has 0 fully saturated rings. The fraction of sp³-hybridized carbons (Fsp3) is 0.176. The predicted octanol–water partition coefficient (Wildman–Crippen LogP) is 2.00. The van der Waals surface area contributed by atoms with Crippen molar-refractivity contribution in [2.45, 2.75) is 13.1 Å². The van der Waals surface area contributed by atoms with Crippen LogP contribution >= 0.6 is 0 Å². The maximum Gasteiger partial charge on any atom is 0.254 e. The number of amides is 1. The van der Waals surface area contributed by atoms with Gasteiger partial charge in [0.15, 0.2) is 5.82 Å². The topological polar surface area (TPSA) is 63.9 Å². The Kier molecular flexibility index (Phi) is 3.34. The van der Waals surface area contributed by atoms with Gasteiger partial charge in [0, 0.05) is 31.0 Å². The summed E-state index contributed by atoms with van der Waals surface area (Å²) in [5.74, 6) is 0.860. The van der Waals surface area contributed by atoms with E-state index in [0.29, 0.717) is 18.7 Å². The quantitative estimate of drug-likeness (QED) is 0.726. The van der Waals surface area contributed by atoms with Gasteiger partial charge < -0.3 is 9.47 Å².